The second-order valence-electron chi connectivity index (χ2n) is 4.56. The first-order chi connectivity index (χ1) is 8.31. The van der Waals surface area contributed by atoms with Crippen LogP contribution < -0.4 is 4.74 Å². The van der Waals surface area contributed by atoms with E-state index < -0.39 is 0 Å². The van der Waals surface area contributed by atoms with Crippen LogP contribution in [0.5, 0.6) is 5.75 Å². The maximum absolute atomic E-state index is 10.2. The Morgan fingerprint density at radius 3 is 2.82 bits per heavy atom. The van der Waals surface area contributed by atoms with E-state index in [1.807, 2.05) is 24.3 Å². The van der Waals surface area contributed by atoms with Gasteiger partial charge in [0.15, 0.2) is 0 Å². The van der Waals surface area contributed by atoms with Crippen molar-refractivity contribution >= 4 is 0 Å². The number of para-hydroxylation sites is 1. The Balaban J connectivity index is 2.06. The third kappa shape index (κ3) is 3.10. The van der Waals surface area contributed by atoms with Gasteiger partial charge in [0, 0.05) is 6.42 Å². The molecule has 0 aliphatic heterocycles. The summed E-state index contributed by atoms with van der Waals surface area (Å²) in [5.41, 5.74) is 2.27. The van der Waals surface area contributed by atoms with Crippen LogP contribution >= 0.6 is 0 Å². The van der Waals surface area contributed by atoms with Gasteiger partial charge < -0.3 is 9.84 Å². The highest BCUT2D eigenvalue weighted by Crippen LogP contribution is 2.25. The maximum atomic E-state index is 10.2. The normalized spacial score (nSPS) is 17.4. The highest BCUT2D eigenvalue weighted by atomic mass is 16.5. The highest BCUT2D eigenvalue weighted by molar-refractivity contribution is 5.34. The molecule has 1 N–H and O–H groups in total. The first-order valence-electron chi connectivity index (χ1n) is 6.30. The van der Waals surface area contributed by atoms with Crippen molar-refractivity contribution in [2.45, 2.75) is 38.2 Å². The lowest BCUT2D eigenvalue weighted by Crippen LogP contribution is -2.16. The summed E-state index contributed by atoms with van der Waals surface area (Å²) in [4.78, 5) is 0. The molecule has 1 unspecified atom stereocenters. The summed E-state index contributed by atoms with van der Waals surface area (Å²) in [5, 5.41) is 10.2. The Morgan fingerprint density at radius 1 is 1.29 bits per heavy atom. The van der Waals surface area contributed by atoms with Gasteiger partial charge in [-0.2, -0.15) is 0 Å². The third-order valence-electron chi connectivity index (χ3n) is 3.36. The van der Waals surface area contributed by atoms with Crippen molar-refractivity contribution in [3.63, 3.8) is 0 Å². The van der Waals surface area contributed by atoms with Crippen LogP contribution in [0.4, 0.5) is 0 Å². The third-order valence-corrected chi connectivity index (χ3v) is 3.36. The van der Waals surface area contributed by atoms with Crippen molar-refractivity contribution in [1.29, 1.82) is 0 Å². The van der Waals surface area contributed by atoms with Gasteiger partial charge in [-0.05, 0) is 42.9 Å². The van der Waals surface area contributed by atoms with Crippen LogP contribution in [0.1, 0.15) is 31.2 Å². The van der Waals surface area contributed by atoms with Gasteiger partial charge in [-0.1, -0.05) is 24.3 Å². The van der Waals surface area contributed by atoms with Crippen LogP contribution in [0.25, 0.3) is 0 Å². The molecule has 0 bridgehead atoms. The predicted octanol–water partition coefficient (Wildman–Crippen LogP) is 3.10. The van der Waals surface area contributed by atoms with Gasteiger partial charge in [-0.15, -0.1) is 0 Å². The Hall–Kier alpha value is -1.28. The highest BCUT2D eigenvalue weighted by Gasteiger charge is 2.15. The smallest absolute Gasteiger partial charge is 0.122 e. The monoisotopic (exact) mass is 232 g/mol. The van der Waals surface area contributed by atoms with E-state index in [-0.39, 0.29) is 6.10 Å². The fraction of sp³-hybridized carbons (Fsp3) is 0.467. The fourth-order valence-corrected chi connectivity index (χ4v) is 2.38. The summed E-state index contributed by atoms with van der Waals surface area (Å²) < 4.78 is 5.30. The lowest BCUT2D eigenvalue weighted by molar-refractivity contribution is 0.203. The van der Waals surface area contributed by atoms with Crippen LogP contribution in [0.3, 0.4) is 0 Å². The van der Waals surface area contributed by atoms with Crippen molar-refractivity contribution in [3.05, 3.63) is 41.5 Å². The van der Waals surface area contributed by atoms with Gasteiger partial charge in [0.05, 0.1) is 13.2 Å². The molecule has 0 aromatic heterocycles. The molecule has 0 amide bonds. The van der Waals surface area contributed by atoms with E-state index in [4.69, 9.17) is 4.74 Å². The van der Waals surface area contributed by atoms with Crippen LogP contribution in [0, 0.1) is 0 Å². The number of methoxy groups -OCH3 is 1. The molecule has 0 radical (unpaired) electrons. The Morgan fingerprint density at radius 2 is 2.12 bits per heavy atom. The predicted molar refractivity (Wildman–Crippen MR) is 69.3 cm³/mol. The summed E-state index contributed by atoms with van der Waals surface area (Å²) in [7, 11) is 1.67. The number of hydrogen-bond donors (Lipinski definition) is 1. The average molecular weight is 232 g/mol. The van der Waals surface area contributed by atoms with Crippen molar-refractivity contribution in [3.8, 4) is 5.75 Å². The van der Waals surface area contributed by atoms with Crippen molar-refractivity contribution in [2.24, 2.45) is 0 Å². The number of rotatable bonds is 4. The summed E-state index contributed by atoms with van der Waals surface area (Å²) in [6.45, 7) is 0. The number of hydrogen-bond acceptors (Lipinski definition) is 2. The van der Waals surface area contributed by atoms with E-state index >= 15 is 0 Å². The topological polar surface area (TPSA) is 29.5 Å². The van der Waals surface area contributed by atoms with Crippen LogP contribution in [0.15, 0.2) is 35.9 Å². The molecule has 2 nitrogen and oxygen atoms in total. The molecule has 1 aliphatic carbocycles. The fourth-order valence-electron chi connectivity index (χ4n) is 2.38. The molecule has 0 heterocycles. The zero-order valence-corrected chi connectivity index (χ0v) is 10.4. The van der Waals surface area contributed by atoms with Crippen molar-refractivity contribution < 1.29 is 9.84 Å². The van der Waals surface area contributed by atoms with Gasteiger partial charge in [-0.3, -0.25) is 0 Å². The standard InChI is InChI=1S/C15H20O2/c1-17-15-10-6-5-9-13(15)11-14(16)12-7-3-2-4-8-12/h5-7,9-10,14,16H,2-4,8,11H2,1H3. The zero-order chi connectivity index (χ0) is 12.1. The van der Waals surface area contributed by atoms with E-state index in [1.165, 1.54) is 18.4 Å². The average Bonchev–Trinajstić information content (AvgIpc) is 2.40. The first kappa shape index (κ1) is 12.2. The SMILES string of the molecule is COc1ccccc1CC(O)C1=CCCCC1. The quantitative estimate of drug-likeness (QED) is 0.808. The Labute approximate surface area is 103 Å². The van der Waals surface area contributed by atoms with Gasteiger partial charge in [0.2, 0.25) is 0 Å². The molecule has 0 saturated carbocycles. The largest absolute Gasteiger partial charge is 0.496 e. The second-order valence-corrected chi connectivity index (χ2v) is 4.56. The minimum atomic E-state index is -0.355. The molecule has 1 aromatic rings. The molecule has 0 spiro atoms. The summed E-state index contributed by atoms with van der Waals surface area (Å²) in [6, 6.07) is 7.90. The van der Waals surface area contributed by atoms with E-state index in [2.05, 4.69) is 6.08 Å². The van der Waals surface area contributed by atoms with E-state index in [0.29, 0.717) is 6.42 Å². The van der Waals surface area contributed by atoms with Crippen LogP contribution in [-0.2, 0) is 6.42 Å². The van der Waals surface area contributed by atoms with Gasteiger partial charge in [0.25, 0.3) is 0 Å². The Bertz CT molecular complexity index is 396. The van der Waals surface area contributed by atoms with Crippen LogP contribution in [-0.4, -0.2) is 18.3 Å². The summed E-state index contributed by atoms with van der Waals surface area (Å²) in [5.74, 6) is 0.864. The van der Waals surface area contributed by atoms with Gasteiger partial charge >= 0.3 is 0 Å². The maximum Gasteiger partial charge on any atom is 0.122 e. The minimum Gasteiger partial charge on any atom is -0.496 e. The molecule has 2 rings (SSSR count). The van der Waals surface area contributed by atoms with Crippen molar-refractivity contribution in [1.82, 2.24) is 0 Å². The number of aliphatic hydroxyl groups is 1. The lowest BCUT2D eigenvalue weighted by Gasteiger charge is -2.19. The molecular formula is C15H20O2. The second kappa shape index (κ2) is 5.87. The first-order valence-corrected chi connectivity index (χ1v) is 6.30. The van der Waals surface area contributed by atoms with E-state index in [9.17, 15) is 5.11 Å². The van der Waals surface area contributed by atoms with E-state index in [0.717, 1.165) is 24.2 Å². The van der Waals surface area contributed by atoms with E-state index in [1.54, 1.807) is 7.11 Å². The molecule has 1 atom stereocenters. The molecule has 2 heteroatoms. The molecule has 0 saturated heterocycles. The molecule has 0 fully saturated rings. The number of allylic oxidation sites excluding steroid dienone is 1. The van der Waals surface area contributed by atoms with Crippen LogP contribution in [0.2, 0.25) is 0 Å². The van der Waals surface area contributed by atoms with Gasteiger partial charge in [0.1, 0.15) is 5.75 Å². The Kier molecular flexibility index (Phi) is 4.21. The number of ether oxygens (including phenoxy) is 1. The zero-order valence-electron chi connectivity index (χ0n) is 10.4. The summed E-state index contributed by atoms with van der Waals surface area (Å²) >= 11 is 0. The lowest BCUT2D eigenvalue weighted by atomic mass is 9.92. The molecule has 17 heavy (non-hydrogen) atoms. The van der Waals surface area contributed by atoms with Gasteiger partial charge in [-0.25, -0.2) is 0 Å². The number of benzene rings is 1. The number of aliphatic hydroxyl groups excluding tert-OH is 1. The molecular weight excluding hydrogens is 212 g/mol. The molecule has 1 aliphatic rings. The molecule has 1 aromatic carbocycles. The van der Waals surface area contributed by atoms with Crippen molar-refractivity contribution in [2.75, 3.05) is 7.11 Å². The molecule has 92 valence electrons. The minimum absolute atomic E-state index is 0.355. The summed E-state index contributed by atoms with van der Waals surface area (Å²) in [6.07, 6.45) is 7.10.